The average molecular weight is 319 g/mol. The van der Waals surface area contributed by atoms with Crippen molar-refractivity contribution in [3.05, 3.63) is 35.4 Å². The number of hydrogen-bond acceptors (Lipinski definition) is 2. The molecule has 1 aromatic carbocycles. The second-order valence-corrected chi connectivity index (χ2v) is 5.44. The highest BCUT2D eigenvalue weighted by atomic mass is 35.5. The minimum Gasteiger partial charge on any atom is -0.317 e. The predicted molar refractivity (Wildman–Crippen MR) is 85.2 cm³/mol. The first-order chi connectivity index (χ1) is 9.70. The molecule has 1 N–H and O–H groups in total. The highest BCUT2D eigenvalue weighted by Gasteiger charge is 2.18. The van der Waals surface area contributed by atoms with Crippen molar-refractivity contribution in [3.8, 4) is 0 Å². The van der Waals surface area contributed by atoms with Crippen molar-refractivity contribution >= 4 is 12.4 Å². The SMILES string of the molecule is CCN(Cc1ccc(C(F)F)cc1)C1CCCNCC1.Cl. The van der Waals surface area contributed by atoms with Crippen LogP contribution >= 0.6 is 12.4 Å². The van der Waals surface area contributed by atoms with Gasteiger partial charge in [0.25, 0.3) is 6.43 Å². The maximum atomic E-state index is 12.5. The Hall–Kier alpha value is -0.710. The lowest BCUT2D eigenvalue weighted by molar-refractivity contribution is 0.151. The minimum absolute atomic E-state index is 0. The van der Waals surface area contributed by atoms with Gasteiger partial charge in [-0.3, -0.25) is 4.90 Å². The third kappa shape index (κ3) is 5.53. The van der Waals surface area contributed by atoms with Gasteiger partial charge in [0.05, 0.1) is 0 Å². The van der Waals surface area contributed by atoms with Gasteiger partial charge in [0, 0.05) is 18.2 Å². The van der Waals surface area contributed by atoms with Crippen LogP contribution in [-0.4, -0.2) is 30.6 Å². The Morgan fingerprint density at radius 2 is 1.90 bits per heavy atom. The first-order valence-electron chi connectivity index (χ1n) is 7.52. The number of nitrogens with zero attached hydrogens (tertiary/aromatic N) is 1. The van der Waals surface area contributed by atoms with Gasteiger partial charge >= 0.3 is 0 Å². The zero-order valence-corrected chi connectivity index (χ0v) is 13.3. The van der Waals surface area contributed by atoms with E-state index < -0.39 is 6.43 Å². The Morgan fingerprint density at radius 3 is 2.52 bits per heavy atom. The smallest absolute Gasteiger partial charge is 0.263 e. The third-order valence-electron chi connectivity index (χ3n) is 4.09. The first-order valence-corrected chi connectivity index (χ1v) is 7.52. The van der Waals surface area contributed by atoms with Crippen molar-refractivity contribution in [1.29, 1.82) is 0 Å². The van der Waals surface area contributed by atoms with E-state index in [0.29, 0.717) is 6.04 Å². The molecule has 0 bridgehead atoms. The molecule has 1 aliphatic heterocycles. The first kappa shape index (κ1) is 18.3. The molecule has 0 aromatic heterocycles. The number of halogens is 3. The quantitative estimate of drug-likeness (QED) is 0.882. The van der Waals surface area contributed by atoms with Crippen LogP contribution in [0, 0.1) is 0 Å². The second kappa shape index (κ2) is 9.34. The molecule has 120 valence electrons. The topological polar surface area (TPSA) is 15.3 Å². The molecule has 0 aliphatic carbocycles. The summed E-state index contributed by atoms with van der Waals surface area (Å²) >= 11 is 0. The molecular weight excluding hydrogens is 294 g/mol. The lowest BCUT2D eigenvalue weighted by atomic mass is 10.1. The van der Waals surface area contributed by atoms with Crippen LogP contribution in [-0.2, 0) is 6.54 Å². The van der Waals surface area contributed by atoms with Crippen LogP contribution in [0.1, 0.15) is 43.7 Å². The molecule has 2 rings (SSSR count). The van der Waals surface area contributed by atoms with Gasteiger partial charge in [-0.25, -0.2) is 8.78 Å². The van der Waals surface area contributed by atoms with Gasteiger partial charge in [-0.15, -0.1) is 12.4 Å². The molecule has 1 aromatic rings. The van der Waals surface area contributed by atoms with Crippen LogP contribution in [0.5, 0.6) is 0 Å². The molecule has 0 amide bonds. The summed E-state index contributed by atoms with van der Waals surface area (Å²) in [7, 11) is 0. The van der Waals surface area contributed by atoms with Crippen molar-refractivity contribution in [3.63, 3.8) is 0 Å². The molecule has 0 saturated carbocycles. The molecule has 1 aliphatic rings. The zero-order chi connectivity index (χ0) is 14.4. The lowest BCUT2D eigenvalue weighted by Crippen LogP contribution is -2.35. The van der Waals surface area contributed by atoms with Gasteiger partial charge in [0.2, 0.25) is 0 Å². The monoisotopic (exact) mass is 318 g/mol. The summed E-state index contributed by atoms with van der Waals surface area (Å²) in [6, 6.07) is 7.35. The maximum absolute atomic E-state index is 12.5. The van der Waals surface area contributed by atoms with E-state index in [4.69, 9.17) is 0 Å². The molecule has 1 atom stereocenters. The van der Waals surface area contributed by atoms with Crippen LogP contribution in [0.25, 0.3) is 0 Å². The van der Waals surface area contributed by atoms with E-state index in [9.17, 15) is 8.78 Å². The molecule has 1 heterocycles. The summed E-state index contributed by atoms with van der Waals surface area (Å²) < 4.78 is 25.1. The van der Waals surface area contributed by atoms with Crippen molar-refractivity contribution in [1.82, 2.24) is 10.2 Å². The molecule has 1 saturated heterocycles. The Labute approximate surface area is 132 Å². The third-order valence-corrected chi connectivity index (χ3v) is 4.09. The number of rotatable bonds is 5. The number of hydrogen-bond donors (Lipinski definition) is 1. The van der Waals surface area contributed by atoms with E-state index in [-0.39, 0.29) is 18.0 Å². The van der Waals surface area contributed by atoms with Gasteiger partial charge in [0.15, 0.2) is 0 Å². The van der Waals surface area contributed by atoms with Crippen molar-refractivity contribution < 1.29 is 8.78 Å². The van der Waals surface area contributed by atoms with Crippen molar-refractivity contribution in [2.45, 2.75) is 45.2 Å². The molecule has 5 heteroatoms. The fraction of sp³-hybridized carbons (Fsp3) is 0.625. The molecule has 1 unspecified atom stereocenters. The van der Waals surface area contributed by atoms with E-state index >= 15 is 0 Å². The standard InChI is InChI=1S/C16H24F2N2.ClH/c1-2-20(15-4-3-10-19-11-9-15)12-13-5-7-14(8-6-13)16(17)18;/h5-8,15-16,19H,2-4,9-12H2,1H3;1H. The van der Waals surface area contributed by atoms with Crippen LogP contribution < -0.4 is 5.32 Å². The number of benzene rings is 1. The molecule has 2 nitrogen and oxygen atoms in total. The summed E-state index contributed by atoms with van der Waals surface area (Å²) in [6.45, 7) is 6.21. The Kier molecular flexibility index (Phi) is 8.15. The Balaban J connectivity index is 0.00000220. The number of nitrogens with one attached hydrogen (secondary N) is 1. The lowest BCUT2D eigenvalue weighted by Gasteiger charge is -2.30. The Morgan fingerprint density at radius 1 is 1.19 bits per heavy atom. The zero-order valence-electron chi connectivity index (χ0n) is 12.5. The normalized spacial score (nSPS) is 19.4. The molecular formula is C16H25ClF2N2. The van der Waals surface area contributed by atoms with Crippen LogP contribution in [0.3, 0.4) is 0 Å². The van der Waals surface area contributed by atoms with Gasteiger partial charge in [-0.05, 0) is 44.5 Å². The van der Waals surface area contributed by atoms with Crippen LogP contribution in [0.15, 0.2) is 24.3 Å². The van der Waals surface area contributed by atoms with Crippen LogP contribution in [0.2, 0.25) is 0 Å². The predicted octanol–water partition coefficient (Wildman–Crippen LogP) is 4.01. The van der Waals surface area contributed by atoms with E-state index in [2.05, 4.69) is 17.1 Å². The Bertz CT molecular complexity index is 390. The molecule has 21 heavy (non-hydrogen) atoms. The van der Waals surface area contributed by atoms with E-state index in [0.717, 1.165) is 31.7 Å². The highest BCUT2D eigenvalue weighted by Crippen LogP contribution is 2.21. The highest BCUT2D eigenvalue weighted by molar-refractivity contribution is 5.85. The van der Waals surface area contributed by atoms with Gasteiger partial charge in [0.1, 0.15) is 0 Å². The van der Waals surface area contributed by atoms with Crippen molar-refractivity contribution in [2.75, 3.05) is 19.6 Å². The van der Waals surface area contributed by atoms with E-state index in [1.165, 1.54) is 19.3 Å². The summed E-state index contributed by atoms with van der Waals surface area (Å²) in [5, 5.41) is 3.43. The fourth-order valence-electron chi connectivity index (χ4n) is 2.87. The molecule has 1 fully saturated rings. The largest absolute Gasteiger partial charge is 0.317 e. The summed E-state index contributed by atoms with van der Waals surface area (Å²) in [6.07, 6.45) is 1.23. The second-order valence-electron chi connectivity index (χ2n) is 5.44. The molecule has 0 radical (unpaired) electrons. The summed E-state index contributed by atoms with van der Waals surface area (Å²) in [5.41, 5.74) is 1.23. The van der Waals surface area contributed by atoms with E-state index in [1.54, 1.807) is 12.1 Å². The van der Waals surface area contributed by atoms with Gasteiger partial charge in [-0.2, -0.15) is 0 Å². The van der Waals surface area contributed by atoms with Crippen molar-refractivity contribution in [2.24, 2.45) is 0 Å². The van der Waals surface area contributed by atoms with E-state index in [1.807, 2.05) is 12.1 Å². The average Bonchev–Trinajstić information content (AvgIpc) is 2.74. The number of alkyl halides is 2. The molecule has 0 spiro atoms. The fourth-order valence-corrected chi connectivity index (χ4v) is 2.87. The minimum atomic E-state index is -2.38. The summed E-state index contributed by atoms with van der Waals surface area (Å²) in [4.78, 5) is 2.46. The summed E-state index contributed by atoms with van der Waals surface area (Å²) in [5.74, 6) is 0. The van der Waals surface area contributed by atoms with Crippen LogP contribution in [0.4, 0.5) is 8.78 Å². The van der Waals surface area contributed by atoms with Gasteiger partial charge in [-0.1, -0.05) is 31.2 Å². The van der Waals surface area contributed by atoms with Gasteiger partial charge < -0.3 is 5.32 Å². The maximum Gasteiger partial charge on any atom is 0.263 e.